The minimum atomic E-state index is 0.951. The van der Waals surface area contributed by atoms with Crippen molar-refractivity contribution < 1.29 is 0 Å². The molecular formula is C10H8N2. The fourth-order valence-electron chi connectivity index (χ4n) is 1.73. The van der Waals surface area contributed by atoms with Crippen molar-refractivity contribution in [2.45, 2.75) is 6.54 Å². The topological polar surface area (TPSA) is 17.3 Å². The summed E-state index contributed by atoms with van der Waals surface area (Å²) in [5.74, 6) is 0. The van der Waals surface area contributed by atoms with Gasteiger partial charge in [-0.2, -0.15) is 0 Å². The first-order valence-electron chi connectivity index (χ1n) is 4.05. The third-order valence-corrected chi connectivity index (χ3v) is 2.32. The predicted octanol–water partition coefficient (Wildman–Crippen LogP) is 1.85. The lowest BCUT2D eigenvalue weighted by molar-refractivity contribution is 0.799. The van der Waals surface area contributed by atoms with E-state index >= 15 is 0 Å². The van der Waals surface area contributed by atoms with Crippen molar-refractivity contribution in [2.75, 3.05) is 0 Å². The smallest absolute Gasteiger partial charge is 0.0701 e. The van der Waals surface area contributed by atoms with Gasteiger partial charge < -0.3 is 4.57 Å². The second kappa shape index (κ2) is 1.97. The molecule has 12 heavy (non-hydrogen) atoms. The zero-order valence-corrected chi connectivity index (χ0v) is 6.57. The second-order valence-corrected chi connectivity index (χ2v) is 2.99. The summed E-state index contributed by atoms with van der Waals surface area (Å²) in [4.78, 5) is 4.27. The maximum atomic E-state index is 4.27. The van der Waals surface area contributed by atoms with Gasteiger partial charge in [0.1, 0.15) is 0 Å². The van der Waals surface area contributed by atoms with Gasteiger partial charge in [0.15, 0.2) is 0 Å². The molecule has 0 aliphatic carbocycles. The molecule has 3 rings (SSSR count). The van der Waals surface area contributed by atoms with Crippen molar-refractivity contribution >= 4 is 11.8 Å². The van der Waals surface area contributed by atoms with Gasteiger partial charge in [0.2, 0.25) is 0 Å². The van der Waals surface area contributed by atoms with Crippen molar-refractivity contribution in [3.05, 3.63) is 41.9 Å². The van der Waals surface area contributed by atoms with Crippen LogP contribution in [-0.4, -0.2) is 10.8 Å². The third kappa shape index (κ3) is 0.619. The predicted molar refractivity (Wildman–Crippen MR) is 49.0 cm³/mol. The molecule has 0 saturated heterocycles. The Labute approximate surface area is 70.5 Å². The van der Waals surface area contributed by atoms with E-state index in [0.717, 1.165) is 12.2 Å². The molecule has 0 saturated carbocycles. The molecule has 2 aliphatic heterocycles. The van der Waals surface area contributed by atoms with Crippen LogP contribution < -0.4 is 0 Å². The van der Waals surface area contributed by atoms with Gasteiger partial charge in [-0.1, -0.05) is 0 Å². The molecule has 2 nitrogen and oxygen atoms in total. The molecular weight excluding hydrogens is 148 g/mol. The Morgan fingerprint density at radius 3 is 3.42 bits per heavy atom. The number of nitrogens with zero attached hydrogens (tertiary/aromatic N) is 2. The minimum absolute atomic E-state index is 0.951. The highest BCUT2D eigenvalue weighted by atomic mass is 15.0. The van der Waals surface area contributed by atoms with Crippen LogP contribution >= 0.6 is 0 Å². The van der Waals surface area contributed by atoms with Crippen LogP contribution in [0.5, 0.6) is 0 Å². The van der Waals surface area contributed by atoms with Crippen LogP contribution in [0.15, 0.2) is 41.2 Å². The first-order valence-corrected chi connectivity index (χ1v) is 4.05. The van der Waals surface area contributed by atoms with Crippen LogP contribution in [0.4, 0.5) is 0 Å². The normalized spacial score (nSPS) is 18.3. The number of aliphatic imine (C=N–C) groups is 1. The molecule has 0 aromatic carbocycles. The van der Waals surface area contributed by atoms with Crippen LogP contribution in [0.1, 0.15) is 5.69 Å². The average Bonchev–Trinajstić information content (AvgIpc) is 2.71. The van der Waals surface area contributed by atoms with E-state index in [1.165, 1.54) is 11.3 Å². The van der Waals surface area contributed by atoms with E-state index < -0.39 is 0 Å². The molecule has 0 radical (unpaired) electrons. The fraction of sp³-hybridized carbons (Fsp3) is 0.100. The van der Waals surface area contributed by atoms with E-state index in [2.05, 4.69) is 40.0 Å². The minimum Gasteiger partial charge on any atom is -0.344 e. The van der Waals surface area contributed by atoms with E-state index in [0.29, 0.717) is 0 Å². The Morgan fingerprint density at radius 1 is 1.42 bits per heavy atom. The zero-order valence-electron chi connectivity index (χ0n) is 6.57. The molecule has 2 heteroatoms. The van der Waals surface area contributed by atoms with Gasteiger partial charge >= 0.3 is 0 Å². The van der Waals surface area contributed by atoms with Crippen LogP contribution in [0, 0.1) is 0 Å². The number of aromatic nitrogens is 1. The van der Waals surface area contributed by atoms with Crippen molar-refractivity contribution in [3.63, 3.8) is 0 Å². The molecule has 0 atom stereocenters. The Kier molecular flexibility index (Phi) is 0.987. The van der Waals surface area contributed by atoms with E-state index in [-0.39, 0.29) is 0 Å². The summed E-state index contributed by atoms with van der Waals surface area (Å²) < 4.78 is 2.23. The quantitative estimate of drug-likeness (QED) is 0.545. The standard InChI is InChI=1S/C10H8N2/c1-2-10-8-3-5-11-9(8)4-7-12(10)6-1/h1-6H,7H2. The molecule has 0 unspecified atom stereocenters. The summed E-state index contributed by atoms with van der Waals surface area (Å²) >= 11 is 0. The van der Waals surface area contributed by atoms with Gasteiger partial charge in [-0.05, 0) is 24.3 Å². The molecule has 2 aliphatic rings. The van der Waals surface area contributed by atoms with Crippen LogP contribution in [-0.2, 0) is 6.54 Å². The van der Waals surface area contributed by atoms with Crippen molar-refractivity contribution in [3.8, 4) is 0 Å². The summed E-state index contributed by atoms with van der Waals surface area (Å²) in [5, 5.41) is 0. The van der Waals surface area contributed by atoms with Gasteiger partial charge in [0, 0.05) is 24.5 Å². The summed E-state index contributed by atoms with van der Waals surface area (Å²) in [7, 11) is 0. The molecule has 0 bridgehead atoms. The highest BCUT2D eigenvalue weighted by Crippen LogP contribution is 2.30. The van der Waals surface area contributed by atoms with Crippen molar-refractivity contribution in [1.82, 2.24) is 4.57 Å². The fourth-order valence-corrected chi connectivity index (χ4v) is 1.73. The average molecular weight is 156 g/mol. The van der Waals surface area contributed by atoms with Gasteiger partial charge in [-0.15, -0.1) is 0 Å². The number of hydrogen-bond acceptors (Lipinski definition) is 1. The molecule has 0 N–H and O–H groups in total. The molecule has 0 fully saturated rings. The van der Waals surface area contributed by atoms with Crippen LogP contribution in [0.2, 0.25) is 0 Å². The summed E-state index contributed by atoms with van der Waals surface area (Å²) in [6, 6.07) is 4.21. The van der Waals surface area contributed by atoms with Crippen molar-refractivity contribution in [1.29, 1.82) is 0 Å². The molecule has 3 heterocycles. The zero-order chi connectivity index (χ0) is 7.97. The lowest BCUT2D eigenvalue weighted by atomic mass is 10.1. The maximum absolute atomic E-state index is 4.27. The number of allylic oxidation sites excluding steroid dienone is 3. The van der Waals surface area contributed by atoms with Gasteiger partial charge in [-0.3, -0.25) is 4.99 Å². The van der Waals surface area contributed by atoms with Gasteiger partial charge in [0.25, 0.3) is 0 Å². The SMILES string of the molecule is C1=NC2=CCn3cccc3C2=C1. The van der Waals surface area contributed by atoms with Crippen molar-refractivity contribution in [2.24, 2.45) is 4.99 Å². The van der Waals surface area contributed by atoms with Crippen LogP contribution in [0.3, 0.4) is 0 Å². The van der Waals surface area contributed by atoms with E-state index in [9.17, 15) is 0 Å². The maximum Gasteiger partial charge on any atom is 0.0701 e. The van der Waals surface area contributed by atoms with E-state index in [4.69, 9.17) is 0 Å². The molecule has 0 spiro atoms. The molecule has 1 aromatic rings. The molecule has 0 amide bonds. The van der Waals surface area contributed by atoms with E-state index in [1.807, 2.05) is 6.21 Å². The summed E-state index contributed by atoms with van der Waals surface area (Å²) in [5.41, 5.74) is 3.66. The monoisotopic (exact) mass is 156 g/mol. The Balaban J connectivity index is 2.26. The third-order valence-electron chi connectivity index (χ3n) is 2.32. The highest BCUT2D eigenvalue weighted by Gasteiger charge is 2.17. The lowest BCUT2D eigenvalue weighted by Gasteiger charge is -2.14. The number of hydrogen-bond donors (Lipinski definition) is 0. The highest BCUT2D eigenvalue weighted by molar-refractivity contribution is 5.97. The Hall–Kier alpha value is -1.57. The van der Waals surface area contributed by atoms with Crippen LogP contribution in [0.25, 0.3) is 5.57 Å². The van der Waals surface area contributed by atoms with E-state index in [1.54, 1.807) is 0 Å². The number of rotatable bonds is 0. The molecule has 58 valence electrons. The lowest BCUT2D eigenvalue weighted by Crippen LogP contribution is -2.05. The number of fused-ring (bicyclic) bond motifs is 3. The largest absolute Gasteiger partial charge is 0.344 e. The Morgan fingerprint density at radius 2 is 2.42 bits per heavy atom. The second-order valence-electron chi connectivity index (χ2n) is 2.99. The van der Waals surface area contributed by atoms with Gasteiger partial charge in [0.05, 0.1) is 11.4 Å². The first kappa shape index (κ1) is 6.00. The molecule has 1 aromatic heterocycles. The summed E-state index contributed by atoms with van der Waals surface area (Å²) in [6.45, 7) is 0.951. The first-order chi connectivity index (χ1) is 5.95. The Bertz CT molecular complexity index is 419. The summed E-state index contributed by atoms with van der Waals surface area (Å²) in [6.07, 6.45) is 8.19. The van der Waals surface area contributed by atoms with Gasteiger partial charge in [-0.25, -0.2) is 0 Å².